The van der Waals surface area contributed by atoms with Crippen molar-refractivity contribution in [2.45, 2.75) is 12.8 Å². The van der Waals surface area contributed by atoms with Gasteiger partial charge < -0.3 is 19.7 Å². The van der Waals surface area contributed by atoms with Crippen LogP contribution in [0.2, 0.25) is 0 Å². The van der Waals surface area contributed by atoms with Gasteiger partial charge in [-0.05, 0) is 37.1 Å². The number of amides is 2. The second-order valence-electron chi connectivity index (χ2n) is 6.01. The molecule has 0 bridgehead atoms. The summed E-state index contributed by atoms with van der Waals surface area (Å²) in [6.45, 7) is 5.64. The number of hydrogen-bond donors (Lipinski definition) is 1. The molecular formula is C18H29N3O3. The Morgan fingerprint density at radius 2 is 2.00 bits per heavy atom. The number of aryl methyl sites for hydroxylation is 1. The first kappa shape index (κ1) is 18.5. The molecule has 2 amide bonds. The van der Waals surface area contributed by atoms with E-state index in [9.17, 15) is 4.79 Å². The van der Waals surface area contributed by atoms with Crippen LogP contribution >= 0.6 is 0 Å². The third kappa shape index (κ3) is 6.02. The number of ether oxygens (including phenoxy) is 2. The van der Waals surface area contributed by atoms with Crippen LogP contribution in [0.25, 0.3) is 0 Å². The standard InChI is InChI=1S/C18H29N3O3/c1-23-14-8-19-18(22)21-12-10-20(11-13-21)9-4-6-16-5-3-7-17(15-16)24-2/h3,5,7,15H,4,6,8-14H2,1-2H3,(H,19,22). The maximum atomic E-state index is 12.0. The van der Waals surface area contributed by atoms with Crippen molar-refractivity contribution in [1.82, 2.24) is 15.1 Å². The summed E-state index contributed by atoms with van der Waals surface area (Å²) in [6, 6.07) is 8.27. The predicted molar refractivity (Wildman–Crippen MR) is 94.6 cm³/mol. The summed E-state index contributed by atoms with van der Waals surface area (Å²) < 4.78 is 10.2. The average molecular weight is 335 g/mol. The number of benzene rings is 1. The van der Waals surface area contributed by atoms with Crippen LogP contribution in [0.1, 0.15) is 12.0 Å². The molecular weight excluding hydrogens is 306 g/mol. The molecule has 6 heteroatoms. The Balaban J connectivity index is 1.63. The minimum atomic E-state index is 0.0167. The van der Waals surface area contributed by atoms with Crippen molar-refractivity contribution >= 4 is 6.03 Å². The Morgan fingerprint density at radius 1 is 1.21 bits per heavy atom. The van der Waals surface area contributed by atoms with Gasteiger partial charge in [0.1, 0.15) is 5.75 Å². The Labute approximate surface area is 144 Å². The number of rotatable bonds is 8. The molecule has 6 nitrogen and oxygen atoms in total. The molecule has 1 fully saturated rings. The lowest BCUT2D eigenvalue weighted by molar-refractivity contribution is 0.135. The van der Waals surface area contributed by atoms with E-state index in [-0.39, 0.29) is 6.03 Å². The first-order valence-electron chi connectivity index (χ1n) is 8.60. The van der Waals surface area contributed by atoms with Crippen molar-refractivity contribution in [3.63, 3.8) is 0 Å². The van der Waals surface area contributed by atoms with E-state index in [0.29, 0.717) is 13.2 Å². The van der Waals surface area contributed by atoms with Crippen molar-refractivity contribution in [3.8, 4) is 5.75 Å². The summed E-state index contributed by atoms with van der Waals surface area (Å²) in [4.78, 5) is 16.3. The lowest BCUT2D eigenvalue weighted by atomic mass is 10.1. The van der Waals surface area contributed by atoms with Gasteiger partial charge in [0.25, 0.3) is 0 Å². The molecule has 0 aromatic heterocycles. The zero-order valence-electron chi connectivity index (χ0n) is 14.8. The SMILES string of the molecule is COCCNC(=O)N1CCN(CCCc2cccc(OC)c2)CC1. The Kier molecular flexibility index (Phi) is 7.85. The zero-order chi connectivity index (χ0) is 17.2. The van der Waals surface area contributed by atoms with Gasteiger partial charge in [0.05, 0.1) is 13.7 Å². The van der Waals surface area contributed by atoms with Gasteiger partial charge in [0, 0.05) is 39.8 Å². The number of carbonyl (C=O) groups excluding carboxylic acids is 1. The molecule has 1 aromatic rings. The fourth-order valence-corrected chi connectivity index (χ4v) is 2.88. The van der Waals surface area contributed by atoms with Gasteiger partial charge in [0.15, 0.2) is 0 Å². The van der Waals surface area contributed by atoms with Gasteiger partial charge in [-0.15, -0.1) is 0 Å². The van der Waals surface area contributed by atoms with Crippen LogP contribution < -0.4 is 10.1 Å². The van der Waals surface area contributed by atoms with E-state index in [4.69, 9.17) is 9.47 Å². The summed E-state index contributed by atoms with van der Waals surface area (Å²) in [7, 11) is 3.33. The van der Waals surface area contributed by atoms with Crippen molar-refractivity contribution in [1.29, 1.82) is 0 Å². The predicted octanol–water partition coefficient (Wildman–Crippen LogP) is 1.60. The van der Waals surface area contributed by atoms with Crippen LogP contribution in [0.3, 0.4) is 0 Å². The van der Waals surface area contributed by atoms with Crippen molar-refractivity contribution in [3.05, 3.63) is 29.8 Å². The number of hydrogen-bond acceptors (Lipinski definition) is 4. The van der Waals surface area contributed by atoms with Gasteiger partial charge in [-0.2, -0.15) is 0 Å². The summed E-state index contributed by atoms with van der Waals surface area (Å²) in [5.74, 6) is 0.917. The molecule has 1 heterocycles. The normalized spacial score (nSPS) is 15.3. The fourth-order valence-electron chi connectivity index (χ4n) is 2.88. The number of urea groups is 1. The highest BCUT2D eigenvalue weighted by Crippen LogP contribution is 2.14. The number of methoxy groups -OCH3 is 2. The maximum Gasteiger partial charge on any atom is 0.317 e. The molecule has 1 aromatic carbocycles. The molecule has 0 saturated carbocycles. The summed E-state index contributed by atoms with van der Waals surface area (Å²) in [6.07, 6.45) is 2.17. The zero-order valence-corrected chi connectivity index (χ0v) is 14.8. The number of nitrogens with one attached hydrogen (secondary N) is 1. The Bertz CT molecular complexity index is 502. The molecule has 1 saturated heterocycles. The first-order chi connectivity index (χ1) is 11.7. The molecule has 0 spiro atoms. The molecule has 0 aliphatic carbocycles. The van der Waals surface area contributed by atoms with Gasteiger partial charge >= 0.3 is 6.03 Å². The molecule has 24 heavy (non-hydrogen) atoms. The monoisotopic (exact) mass is 335 g/mol. The number of piperazine rings is 1. The van der Waals surface area contributed by atoms with Crippen molar-refractivity contribution in [2.24, 2.45) is 0 Å². The molecule has 1 aliphatic heterocycles. The van der Waals surface area contributed by atoms with E-state index in [1.807, 2.05) is 17.0 Å². The topological polar surface area (TPSA) is 54.0 Å². The first-order valence-corrected chi connectivity index (χ1v) is 8.60. The average Bonchev–Trinajstić information content (AvgIpc) is 2.62. The van der Waals surface area contributed by atoms with Gasteiger partial charge in [0.2, 0.25) is 0 Å². The number of nitrogens with zero attached hydrogens (tertiary/aromatic N) is 2. The Morgan fingerprint density at radius 3 is 2.71 bits per heavy atom. The van der Waals surface area contributed by atoms with Crippen molar-refractivity contribution in [2.75, 3.05) is 60.1 Å². The quantitative estimate of drug-likeness (QED) is 0.733. The van der Waals surface area contributed by atoms with Crippen LogP contribution in [0.4, 0.5) is 4.79 Å². The van der Waals surface area contributed by atoms with Crippen LogP contribution in [-0.4, -0.2) is 75.9 Å². The second kappa shape index (κ2) is 10.2. The maximum absolute atomic E-state index is 12.0. The van der Waals surface area contributed by atoms with Gasteiger partial charge in [-0.3, -0.25) is 4.90 Å². The molecule has 1 aliphatic rings. The van der Waals surface area contributed by atoms with Crippen LogP contribution in [0.5, 0.6) is 5.75 Å². The Hall–Kier alpha value is -1.79. The smallest absolute Gasteiger partial charge is 0.317 e. The van der Waals surface area contributed by atoms with E-state index >= 15 is 0 Å². The second-order valence-corrected chi connectivity index (χ2v) is 6.01. The van der Waals surface area contributed by atoms with Gasteiger partial charge in [-0.1, -0.05) is 12.1 Å². The summed E-state index contributed by atoms with van der Waals surface area (Å²) >= 11 is 0. The van der Waals surface area contributed by atoms with E-state index in [2.05, 4.69) is 22.3 Å². The van der Waals surface area contributed by atoms with Crippen molar-refractivity contribution < 1.29 is 14.3 Å². The minimum absolute atomic E-state index is 0.0167. The van der Waals surface area contributed by atoms with Crippen LogP contribution in [0, 0.1) is 0 Å². The van der Waals surface area contributed by atoms with Gasteiger partial charge in [-0.25, -0.2) is 4.79 Å². The third-order valence-electron chi connectivity index (χ3n) is 4.32. The van der Waals surface area contributed by atoms with E-state index in [0.717, 1.165) is 51.3 Å². The van der Waals surface area contributed by atoms with E-state index < -0.39 is 0 Å². The minimum Gasteiger partial charge on any atom is -0.497 e. The highest BCUT2D eigenvalue weighted by atomic mass is 16.5. The van der Waals surface area contributed by atoms with Crippen LogP contribution in [0.15, 0.2) is 24.3 Å². The van der Waals surface area contributed by atoms with Crippen LogP contribution in [-0.2, 0) is 11.2 Å². The lowest BCUT2D eigenvalue weighted by Crippen LogP contribution is -2.52. The third-order valence-corrected chi connectivity index (χ3v) is 4.32. The number of carbonyl (C=O) groups is 1. The highest BCUT2D eigenvalue weighted by molar-refractivity contribution is 5.74. The fraction of sp³-hybridized carbons (Fsp3) is 0.611. The molecule has 0 radical (unpaired) electrons. The molecule has 0 atom stereocenters. The summed E-state index contributed by atoms with van der Waals surface area (Å²) in [5.41, 5.74) is 1.31. The molecule has 2 rings (SSSR count). The highest BCUT2D eigenvalue weighted by Gasteiger charge is 2.20. The van der Waals surface area contributed by atoms with E-state index in [1.165, 1.54) is 5.56 Å². The lowest BCUT2D eigenvalue weighted by Gasteiger charge is -2.34. The molecule has 1 N–H and O–H groups in total. The summed E-state index contributed by atoms with van der Waals surface area (Å²) in [5, 5.41) is 2.88. The molecule has 0 unspecified atom stereocenters. The van der Waals surface area contributed by atoms with E-state index in [1.54, 1.807) is 14.2 Å². The largest absolute Gasteiger partial charge is 0.497 e. The molecule has 134 valence electrons.